The highest BCUT2D eigenvalue weighted by atomic mass is 35.5. The van der Waals surface area contributed by atoms with Crippen molar-refractivity contribution < 1.29 is 19.4 Å². The van der Waals surface area contributed by atoms with E-state index in [0.29, 0.717) is 41.6 Å². The van der Waals surface area contributed by atoms with Gasteiger partial charge in [0.2, 0.25) is 5.28 Å². The van der Waals surface area contributed by atoms with Crippen molar-refractivity contribution in [2.24, 2.45) is 5.92 Å². The van der Waals surface area contributed by atoms with Gasteiger partial charge in [0.15, 0.2) is 0 Å². The highest BCUT2D eigenvalue weighted by molar-refractivity contribution is 7.20. The maximum Gasteiger partial charge on any atom is 0.348 e. The van der Waals surface area contributed by atoms with Gasteiger partial charge in [0.1, 0.15) is 15.5 Å². The lowest BCUT2D eigenvalue weighted by molar-refractivity contribution is -0.141. The molecular weight excluding hydrogens is 378 g/mol. The maximum atomic E-state index is 12.3. The van der Waals surface area contributed by atoms with Crippen LogP contribution in [0.3, 0.4) is 0 Å². The third-order valence-electron chi connectivity index (χ3n) is 4.44. The predicted octanol–water partition coefficient (Wildman–Crippen LogP) is 3.52. The number of hydrogen-bond donors (Lipinski definition) is 1. The van der Waals surface area contributed by atoms with E-state index in [0.717, 1.165) is 23.8 Å². The molecule has 7 nitrogen and oxygen atoms in total. The minimum Gasteiger partial charge on any atom is -0.481 e. The molecule has 2 aromatic heterocycles. The molecule has 3 heterocycles. The van der Waals surface area contributed by atoms with E-state index in [2.05, 4.69) is 9.97 Å². The molecule has 0 aromatic carbocycles. The van der Waals surface area contributed by atoms with Crippen LogP contribution in [0.5, 0.6) is 0 Å². The normalized spacial score (nSPS) is 17.5. The molecule has 0 amide bonds. The van der Waals surface area contributed by atoms with Crippen LogP contribution in [0.1, 0.15) is 41.4 Å². The van der Waals surface area contributed by atoms with Crippen molar-refractivity contribution in [2.45, 2.75) is 33.1 Å². The lowest BCUT2D eigenvalue weighted by Crippen LogP contribution is -2.39. The Hall–Kier alpha value is -1.93. The van der Waals surface area contributed by atoms with Crippen molar-refractivity contribution in [1.29, 1.82) is 0 Å². The topological polar surface area (TPSA) is 92.6 Å². The molecule has 0 aliphatic carbocycles. The van der Waals surface area contributed by atoms with Crippen molar-refractivity contribution in [3.05, 3.63) is 15.7 Å². The first-order valence-electron chi connectivity index (χ1n) is 8.53. The van der Waals surface area contributed by atoms with Crippen molar-refractivity contribution in [1.82, 2.24) is 9.97 Å². The van der Waals surface area contributed by atoms with Gasteiger partial charge >= 0.3 is 11.9 Å². The second-order valence-electron chi connectivity index (χ2n) is 6.31. The molecule has 2 aromatic rings. The molecule has 1 N–H and O–H groups in total. The van der Waals surface area contributed by atoms with Crippen LogP contribution in [0, 0.1) is 12.8 Å². The molecule has 0 spiro atoms. The van der Waals surface area contributed by atoms with Gasteiger partial charge in [-0.25, -0.2) is 9.78 Å². The van der Waals surface area contributed by atoms with E-state index in [-0.39, 0.29) is 11.3 Å². The number of halogens is 1. The lowest BCUT2D eigenvalue weighted by atomic mass is 9.98. The van der Waals surface area contributed by atoms with Gasteiger partial charge in [-0.05, 0) is 43.4 Å². The molecule has 1 unspecified atom stereocenters. The number of hydrogen-bond acceptors (Lipinski definition) is 7. The number of carbonyl (C=O) groups excluding carboxylic acids is 1. The second kappa shape index (κ2) is 7.75. The van der Waals surface area contributed by atoms with Crippen LogP contribution in [0.15, 0.2) is 0 Å². The zero-order valence-electron chi connectivity index (χ0n) is 14.6. The van der Waals surface area contributed by atoms with Gasteiger partial charge in [-0.3, -0.25) is 4.79 Å². The van der Waals surface area contributed by atoms with Crippen LogP contribution in [0.4, 0.5) is 5.82 Å². The Bertz CT molecular complexity index is 854. The molecule has 26 heavy (non-hydrogen) atoms. The minimum absolute atomic E-state index is 0.0830. The van der Waals surface area contributed by atoms with E-state index in [9.17, 15) is 14.7 Å². The SMILES string of the molecule is CCCOC(=O)c1sc2nc(Cl)nc(N3CCCC(C(=O)O)C3)c2c1C. The average Bonchev–Trinajstić information content (AvgIpc) is 2.95. The highest BCUT2D eigenvalue weighted by Gasteiger charge is 2.29. The Morgan fingerprint density at radius 2 is 2.19 bits per heavy atom. The van der Waals surface area contributed by atoms with Crippen molar-refractivity contribution in [3.63, 3.8) is 0 Å². The number of thiophene rings is 1. The van der Waals surface area contributed by atoms with Crippen LogP contribution in [0.25, 0.3) is 10.2 Å². The summed E-state index contributed by atoms with van der Waals surface area (Å²) in [5, 5.41) is 10.2. The van der Waals surface area contributed by atoms with E-state index in [1.807, 2.05) is 18.7 Å². The maximum absolute atomic E-state index is 12.3. The third-order valence-corrected chi connectivity index (χ3v) is 5.77. The Balaban J connectivity index is 2.04. The molecule has 1 atom stereocenters. The first kappa shape index (κ1) is 18.8. The van der Waals surface area contributed by atoms with E-state index in [4.69, 9.17) is 16.3 Å². The molecule has 1 fully saturated rings. The fraction of sp³-hybridized carbons (Fsp3) is 0.529. The first-order chi connectivity index (χ1) is 12.4. The molecule has 1 aliphatic rings. The summed E-state index contributed by atoms with van der Waals surface area (Å²) in [6.45, 7) is 5.18. The van der Waals surface area contributed by atoms with Crippen LogP contribution in [-0.2, 0) is 9.53 Å². The molecule has 0 saturated carbocycles. The molecular formula is C17H20ClN3O4S. The molecule has 0 radical (unpaired) electrons. The number of aliphatic carboxylic acids is 1. The number of carbonyl (C=O) groups is 2. The van der Waals surface area contributed by atoms with Gasteiger partial charge < -0.3 is 14.7 Å². The van der Waals surface area contributed by atoms with Gasteiger partial charge in [-0.1, -0.05) is 6.92 Å². The second-order valence-corrected chi connectivity index (χ2v) is 7.65. The van der Waals surface area contributed by atoms with E-state index in [1.165, 1.54) is 11.3 Å². The molecule has 3 rings (SSSR count). The van der Waals surface area contributed by atoms with Gasteiger partial charge in [-0.15, -0.1) is 11.3 Å². The number of anilines is 1. The molecule has 0 bridgehead atoms. The van der Waals surface area contributed by atoms with E-state index in [1.54, 1.807) is 0 Å². The zero-order chi connectivity index (χ0) is 18.8. The van der Waals surface area contributed by atoms with Gasteiger partial charge in [0.05, 0.1) is 17.9 Å². The summed E-state index contributed by atoms with van der Waals surface area (Å²) in [5.74, 6) is -1.04. The highest BCUT2D eigenvalue weighted by Crippen LogP contribution is 2.37. The number of aromatic nitrogens is 2. The number of fused-ring (bicyclic) bond motifs is 1. The fourth-order valence-electron chi connectivity index (χ4n) is 3.15. The fourth-order valence-corrected chi connectivity index (χ4v) is 4.43. The largest absolute Gasteiger partial charge is 0.481 e. The molecule has 9 heteroatoms. The lowest BCUT2D eigenvalue weighted by Gasteiger charge is -2.32. The monoisotopic (exact) mass is 397 g/mol. The average molecular weight is 398 g/mol. The van der Waals surface area contributed by atoms with E-state index >= 15 is 0 Å². The number of nitrogens with zero attached hydrogens (tertiary/aromatic N) is 3. The van der Waals surface area contributed by atoms with Crippen molar-refractivity contribution in [2.75, 3.05) is 24.6 Å². The zero-order valence-corrected chi connectivity index (χ0v) is 16.2. The van der Waals surface area contributed by atoms with Crippen LogP contribution in [0.2, 0.25) is 5.28 Å². The number of rotatable bonds is 5. The summed E-state index contributed by atoms with van der Waals surface area (Å²) in [6.07, 6.45) is 2.15. The Morgan fingerprint density at radius 3 is 2.88 bits per heavy atom. The van der Waals surface area contributed by atoms with Crippen LogP contribution >= 0.6 is 22.9 Å². The third kappa shape index (κ3) is 3.61. The summed E-state index contributed by atoms with van der Waals surface area (Å²) in [6, 6.07) is 0. The number of carboxylic acid groups (broad SMARTS) is 1. The first-order valence-corrected chi connectivity index (χ1v) is 9.73. The van der Waals surface area contributed by atoms with E-state index < -0.39 is 11.9 Å². The van der Waals surface area contributed by atoms with Crippen LogP contribution < -0.4 is 4.90 Å². The number of esters is 1. The summed E-state index contributed by atoms with van der Waals surface area (Å²) in [5.41, 5.74) is 0.746. The summed E-state index contributed by atoms with van der Waals surface area (Å²) < 4.78 is 5.25. The number of aryl methyl sites for hydroxylation is 1. The summed E-state index contributed by atoms with van der Waals surface area (Å²) >= 11 is 7.32. The molecule has 1 aliphatic heterocycles. The number of piperidine rings is 1. The minimum atomic E-state index is -0.808. The van der Waals surface area contributed by atoms with Crippen LogP contribution in [-0.4, -0.2) is 46.7 Å². The van der Waals surface area contributed by atoms with Crippen molar-refractivity contribution >= 4 is 50.9 Å². The predicted molar refractivity (Wildman–Crippen MR) is 100 cm³/mol. The standard InChI is InChI=1S/C17H20ClN3O4S/c1-3-7-25-16(24)12-9(2)11-13(19-17(18)20-14(11)26-12)21-6-4-5-10(8-21)15(22)23/h10H,3-8H2,1-2H3,(H,22,23). The Labute approximate surface area is 159 Å². The summed E-state index contributed by atoms with van der Waals surface area (Å²) in [7, 11) is 0. The summed E-state index contributed by atoms with van der Waals surface area (Å²) in [4.78, 5) is 35.3. The smallest absolute Gasteiger partial charge is 0.348 e. The van der Waals surface area contributed by atoms with Gasteiger partial charge in [-0.2, -0.15) is 4.98 Å². The Kier molecular flexibility index (Phi) is 5.62. The van der Waals surface area contributed by atoms with Crippen molar-refractivity contribution in [3.8, 4) is 0 Å². The number of ether oxygens (including phenoxy) is 1. The quantitative estimate of drug-likeness (QED) is 0.609. The molecule has 1 saturated heterocycles. The van der Waals surface area contributed by atoms with Gasteiger partial charge in [0.25, 0.3) is 0 Å². The number of carboxylic acids is 1. The molecule has 140 valence electrons. The Morgan fingerprint density at radius 1 is 1.42 bits per heavy atom. The van der Waals surface area contributed by atoms with Gasteiger partial charge in [0, 0.05) is 13.1 Å².